The molecule has 162 valence electrons. The van der Waals surface area contributed by atoms with E-state index < -0.39 is 0 Å². The first-order valence-corrected chi connectivity index (χ1v) is 12.1. The summed E-state index contributed by atoms with van der Waals surface area (Å²) in [4.78, 5) is 17.8. The minimum Gasteiger partial charge on any atom is -0.381 e. The van der Waals surface area contributed by atoms with Crippen LogP contribution in [-0.2, 0) is 16.0 Å². The number of benzene rings is 1. The van der Waals surface area contributed by atoms with E-state index in [1.54, 1.807) is 0 Å². The van der Waals surface area contributed by atoms with Crippen LogP contribution in [0.2, 0.25) is 0 Å². The molecule has 0 N–H and O–H groups in total. The highest BCUT2D eigenvalue weighted by molar-refractivity contribution is 5.80. The molecule has 1 aromatic carbocycles. The topological polar surface area (TPSA) is 32.8 Å². The molecule has 3 atom stereocenters. The molecule has 30 heavy (non-hydrogen) atoms. The van der Waals surface area contributed by atoms with Crippen molar-refractivity contribution in [2.45, 2.75) is 51.5 Å². The van der Waals surface area contributed by atoms with Gasteiger partial charge in [0, 0.05) is 50.7 Å². The van der Waals surface area contributed by atoms with Gasteiger partial charge in [-0.25, -0.2) is 0 Å². The van der Waals surface area contributed by atoms with Crippen LogP contribution in [0.3, 0.4) is 0 Å². The zero-order chi connectivity index (χ0) is 20.5. The minimum atomic E-state index is 0.183. The lowest BCUT2D eigenvalue weighted by Gasteiger charge is -2.27. The van der Waals surface area contributed by atoms with Gasteiger partial charge in [0.2, 0.25) is 5.91 Å². The van der Waals surface area contributed by atoms with Crippen LogP contribution in [0, 0.1) is 17.8 Å². The van der Waals surface area contributed by atoms with E-state index in [1.807, 2.05) is 0 Å². The van der Waals surface area contributed by atoms with Gasteiger partial charge in [-0.2, -0.15) is 0 Å². The number of carbonyl (C=O) groups excluding carboxylic acids is 1. The van der Waals surface area contributed by atoms with E-state index in [4.69, 9.17) is 4.74 Å². The highest BCUT2D eigenvalue weighted by Gasteiger charge is 2.41. The SMILES string of the molecule is CC1CCCN1CCc1ccc(C2=CC[C@@H]3CN(C(=O)C4CCOCC4)C[C@H]23)cc1. The number of ether oxygens (including phenoxy) is 1. The van der Waals surface area contributed by atoms with Crippen LogP contribution in [0.15, 0.2) is 30.3 Å². The van der Waals surface area contributed by atoms with Crippen LogP contribution in [0.4, 0.5) is 0 Å². The molecule has 3 heterocycles. The van der Waals surface area contributed by atoms with Gasteiger partial charge in [-0.3, -0.25) is 4.79 Å². The fourth-order valence-electron chi connectivity index (χ4n) is 6.07. The average molecular weight is 409 g/mol. The third kappa shape index (κ3) is 4.09. The number of hydrogen-bond donors (Lipinski definition) is 0. The van der Waals surface area contributed by atoms with Crippen molar-refractivity contribution in [2.75, 3.05) is 39.4 Å². The molecule has 1 aliphatic carbocycles. The Labute approximate surface area is 181 Å². The van der Waals surface area contributed by atoms with Gasteiger partial charge in [0.25, 0.3) is 0 Å². The van der Waals surface area contributed by atoms with Crippen molar-refractivity contribution in [1.29, 1.82) is 0 Å². The summed E-state index contributed by atoms with van der Waals surface area (Å²) >= 11 is 0. The van der Waals surface area contributed by atoms with E-state index in [0.717, 1.165) is 58.0 Å². The Hall–Kier alpha value is -1.65. The molecule has 0 aromatic heterocycles. The molecule has 1 amide bonds. The Morgan fingerprint density at radius 2 is 1.90 bits per heavy atom. The molecule has 0 bridgehead atoms. The zero-order valence-electron chi connectivity index (χ0n) is 18.4. The Morgan fingerprint density at radius 1 is 1.10 bits per heavy atom. The molecular formula is C26H36N2O2. The van der Waals surface area contributed by atoms with Crippen LogP contribution in [0.5, 0.6) is 0 Å². The van der Waals surface area contributed by atoms with Gasteiger partial charge in [-0.1, -0.05) is 30.3 Å². The zero-order valence-corrected chi connectivity index (χ0v) is 18.4. The Morgan fingerprint density at radius 3 is 2.63 bits per heavy atom. The van der Waals surface area contributed by atoms with Crippen molar-refractivity contribution in [3.05, 3.63) is 41.5 Å². The van der Waals surface area contributed by atoms with E-state index in [0.29, 0.717) is 17.7 Å². The van der Waals surface area contributed by atoms with Crippen LogP contribution in [0.1, 0.15) is 50.2 Å². The van der Waals surface area contributed by atoms with E-state index >= 15 is 0 Å². The predicted octanol–water partition coefficient (Wildman–Crippen LogP) is 4.00. The second kappa shape index (κ2) is 8.84. The fourth-order valence-corrected chi connectivity index (χ4v) is 6.07. The smallest absolute Gasteiger partial charge is 0.225 e. The van der Waals surface area contributed by atoms with Crippen LogP contribution in [0.25, 0.3) is 5.57 Å². The van der Waals surface area contributed by atoms with Gasteiger partial charge < -0.3 is 14.5 Å². The largest absolute Gasteiger partial charge is 0.381 e. The fraction of sp³-hybridized carbons (Fsp3) is 0.654. The number of likely N-dealkylation sites (tertiary alicyclic amines) is 2. The van der Waals surface area contributed by atoms with Crippen molar-refractivity contribution < 1.29 is 9.53 Å². The van der Waals surface area contributed by atoms with Gasteiger partial charge in [0.1, 0.15) is 0 Å². The molecule has 0 spiro atoms. The summed E-state index contributed by atoms with van der Waals surface area (Å²) in [7, 11) is 0. The number of carbonyl (C=O) groups is 1. The Balaban J connectivity index is 1.19. The number of fused-ring (bicyclic) bond motifs is 1. The molecule has 3 aliphatic heterocycles. The Kier molecular flexibility index (Phi) is 5.97. The monoisotopic (exact) mass is 408 g/mol. The van der Waals surface area contributed by atoms with Crippen molar-refractivity contribution in [3.63, 3.8) is 0 Å². The third-order valence-corrected chi connectivity index (χ3v) is 8.03. The maximum atomic E-state index is 13.0. The molecule has 4 aliphatic rings. The molecule has 1 unspecified atom stereocenters. The number of nitrogens with zero attached hydrogens (tertiary/aromatic N) is 2. The van der Waals surface area contributed by atoms with Crippen LogP contribution >= 0.6 is 0 Å². The van der Waals surface area contributed by atoms with Crippen LogP contribution in [-0.4, -0.2) is 61.1 Å². The van der Waals surface area contributed by atoms with E-state index in [2.05, 4.69) is 47.1 Å². The number of amides is 1. The van der Waals surface area contributed by atoms with E-state index in [9.17, 15) is 4.79 Å². The quantitative estimate of drug-likeness (QED) is 0.738. The molecule has 4 heteroatoms. The molecule has 5 rings (SSSR count). The van der Waals surface area contributed by atoms with E-state index in [1.165, 1.54) is 42.6 Å². The maximum Gasteiger partial charge on any atom is 0.225 e. The Bertz CT molecular complexity index is 781. The van der Waals surface area contributed by atoms with Gasteiger partial charge in [-0.05, 0) is 74.6 Å². The first-order chi connectivity index (χ1) is 14.7. The van der Waals surface area contributed by atoms with E-state index in [-0.39, 0.29) is 5.92 Å². The second-order valence-corrected chi connectivity index (χ2v) is 9.87. The predicted molar refractivity (Wildman–Crippen MR) is 120 cm³/mol. The lowest BCUT2D eigenvalue weighted by Crippen LogP contribution is -2.37. The molecule has 0 saturated carbocycles. The maximum absolute atomic E-state index is 13.0. The van der Waals surface area contributed by atoms with Crippen molar-refractivity contribution in [1.82, 2.24) is 9.80 Å². The second-order valence-electron chi connectivity index (χ2n) is 9.87. The minimum absolute atomic E-state index is 0.183. The molecule has 3 fully saturated rings. The average Bonchev–Trinajstić information content (AvgIpc) is 3.49. The van der Waals surface area contributed by atoms with Crippen molar-refractivity contribution >= 4 is 11.5 Å². The lowest BCUT2D eigenvalue weighted by atomic mass is 9.90. The van der Waals surface area contributed by atoms with Gasteiger partial charge in [0.15, 0.2) is 0 Å². The standard InChI is InChI=1S/C26H36N2O2/c1-19-3-2-13-27(19)14-10-20-4-6-21(7-5-20)24-9-8-23-17-28(18-25(23)24)26(29)22-11-15-30-16-12-22/h4-7,9,19,22-23,25H,2-3,8,10-18H2,1H3/t19?,23-,25+/m1/s1. The number of hydrogen-bond acceptors (Lipinski definition) is 3. The molecule has 1 aromatic rings. The first-order valence-electron chi connectivity index (χ1n) is 12.1. The third-order valence-electron chi connectivity index (χ3n) is 8.03. The highest BCUT2D eigenvalue weighted by atomic mass is 16.5. The summed E-state index contributed by atoms with van der Waals surface area (Å²) in [5.41, 5.74) is 4.28. The van der Waals surface area contributed by atoms with Gasteiger partial charge in [-0.15, -0.1) is 0 Å². The molecule has 0 radical (unpaired) electrons. The summed E-state index contributed by atoms with van der Waals surface area (Å²) in [5.74, 6) is 1.69. The van der Waals surface area contributed by atoms with Crippen molar-refractivity contribution in [3.8, 4) is 0 Å². The summed E-state index contributed by atoms with van der Waals surface area (Å²) in [6.45, 7) is 8.12. The molecular weight excluding hydrogens is 372 g/mol. The summed E-state index contributed by atoms with van der Waals surface area (Å²) in [5, 5.41) is 0. The number of rotatable bonds is 5. The lowest BCUT2D eigenvalue weighted by molar-refractivity contribution is -0.137. The molecule has 4 nitrogen and oxygen atoms in total. The first kappa shape index (κ1) is 20.3. The molecule has 3 saturated heterocycles. The van der Waals surface area contributed by atoms with Gasteiger partial charge in [0.05, 0.1) is 0 Å². The van der Waals surface area contributed by atoms with Crippen LogP contribution < -0.4 is 0 Å². The summed E-state index contributed by atoms with van der Waals surface area (Å²) in [6.07, 6.45) is 9.19. The highest BCUT2D eigenvalue weighted by Crippen LogP contribution is 2.43. The van der Waals surface area contributed by atoms with Crippen molar-refractivity contribution in [2.24, 2.45) is 17.8 Å². The number of allylic oxidation sites excluding steroid dienone is 1. The normalized spacial score (nSPS) is 30.0. The summed E-state index contributed by atoms with van der Waals surface area (Å²) < 4.78 is 5.44. The summed E-state index contributed by atoms with van der Waals surface area (Å²) in [6, 6.07) is 10.0. The van der Waals surface area contributed by atoms with Gasteiger partial charge >= 0.3 is 0 Å².